The van der Waals surface area contributed by atoms with Gasteiger partial charge in [-0.3, -0.25) is 4.79 Å². The Labute approximate surface area is 152 Å². The van der Waals surface area contributed by atoms with Gasteiger partial charge in [0.1, 0.15) is 18.0 Å². The van der Waals surface area contributed by atoms with E-state index in [1.54, 1.807) is 35.5 Å². The predicted molar refractivity (Wildman–Crippen MR) is 96.6 cm³/mol. The van der Waals surface area contributed by atoms with Crippen molar-refractivity contribution >= 4 is 22.5 Å². The van der Waals surface area contributed by atoms with Crippen molar-refractivity contribution < 1.29 is 8.78 Å². The van der Waals surface area contributed by atoms with Crippen LogP contribution in [0.1, 0.15) is 5.56 Å². The van der Waals surface area contributed by atoms with Gasteiger partial charge >= 0.3 is 0 Å². The molecular formula is C19H13F2N5O. The largest absolute Gasteiger partial charge is 0.319 e. The van der Waals surface area contributed by atoms with Crippen molar-refractivity contribution in [2.24, 2.45) is 0 Å². The van der Waals surface area contributed by atoms with E-state index in [4.69, 9.17) is 0 Å². The van der Waals surface area contributed by atoms with Crippen LogP contribution in [0.2, 0.25) is 0 Å². The van der Waals surface area contributed by atoms with E-state index in [0.29, 0.717) is 22.6 Å². The van der Waals surface area contributed by atoms with Gasteiger partial charge in [0.2, 0.25) is 5.56 Å². The number of halogens is 2. The molecule has 3 heterocycles. The first kappa shape index (κ1) is 16.8. The lowest BCUT2D eigenvalue weighted by Gasteiger charge is -2.23. The van der Waals surface area contributed by atoms with Gasteiger partial charge in [0.25, 0.3) is 0 Å². The van der Waals surface area contributed by atoms with Crippen molar-refractivity contribution in [1.82, 2.24) is 19.9 Å². The van der Waals surface area contributed by atoms with Crippen LogP contribution in [0.3, 0.4) is 0 Å². The summed E-state index contributed by atoms with van der Waals surface area (Å²) in [5.41, 5.74) is -0.177. The normalized spacial score (nSPS) is 10.9. The number of benzene rings is 1. The molecule has 0 saturated heterocycles. The molecule has 8 heteroatoms. The second-order valence-corrected chi connectivity index (χ2v) is 5.78. The number of anilines is 2. The molecule has 6 nitrogen and oxygen atoms in total. The monoisotopic (exact) mass is 365 g/mol. The Morgan fingerprint density at radius 3 is 2.59 bits per heavy atom. The molecule has 0 unspecified atom stereocenters. The predicted octanol–water partition coefficient (Wildman–Crippen LogP) is 3.33. The SMILES string of the molecule is O=c1cc(CN(c2ccccn2)c2ccncn2)c2ccc(F)c(F)c2[nH]1. The maximum Gasteiger partial charge on any atom is 0.248 e. The molecule has 0 aliphatic heterocycles. The van der Waals surface area contributed by atoms with Crippen LogP contribution in [0, 0.1) is 11.6 Å². The van der Waals surface area contributed by atoms with Gasteiger partial charge in [0.05, 0.1) is 12.1 Å². The zero-order chi connectivity index (χ0) is 18.8. The molecule has 4 rings (SSSR count). The van der Waals surface area contributed by atoms with Crippen molar-refractivity contribution in [3.63, 3.8) is 0 Å². The van der Waals surface area contributed by atoms with Crippen LogP contribution < -0.4 is 10.5 Å². The molecule has 0 amide bonds. The van der Waals surface area contributed by atoms with Crippen molar-refractivity contribution in [2.45, 2.75) is 6.54 Å². The first-order chi connectivity index (χ1) is 13.1. The maximum atomic E-state index is 14.1. The number of H-pyrrole nitrogens is 1. The van der Waals surface area contributed by atoms with Crippen molar-refractivity contribution in [3.8, 4) is 0 Å². The molecule has 4 aromatic rings. The highest BCUT2D eigenvalue weighted by atomic mass is 19.2. The van der Waals surface area contributed by atoms with Crippen molar-refractivity contribution in [3.05, 3.63) is 88.7 Å². The van der Waals surface area contributed by atoms with Gasteiger partial charge in [-0.15, -0.1) is 0 Å². The number of hydrogen-bond acceptors (Lipinski definition) is 5. The lowest BCUT2D eigenvalue weighted by atomic mass is 10.1. The fourth-order valence-corrected chi connectivity index (χ4v) is 2.87. The quantitative estimate of drug-likeness (QED) is 0.600. The summed E-state index contributed by atoms with van der Waals surface area (Å²) in [7, 11) is 0. The fourth-order valence-electron chi connectivity index (χ4n) is 2.87. The van der Waals surface area contributed by atoms with Gasteiger partial charge in [-0.1, -0.05) is 6.07 Å². The molecule has 27 heavy (non-hydrogen) atoms. The second-order valence-electron chi connectivity index (χ2n) is 5.78. The van der Waals surface area contributed by atoms with E-state index in [1.807, 2.05) is 6.07 Å². The van der Waals surface area contributed by atoms with Crippen LogP contribution in [0.15, 0.2) is 66.0 Å². The van der Waals surface area contributed by atoms with Crippen LogP contribution in [-0.2, 0) is 6.54 Å². The van der Waals surface area contributed by atoms with Crippen LogP contribution in [0.4, 0.5) is 20.4 Å². The second kappa shape index (κ2) is 6.91. The van der Waals surface area contributed by atoms with Gasteiger partial charge in [-0.2, -0.15) is 0 Å². The van der Waals surface area contributed by atoms with Gasteiger partial charge in [-0.05, 0) is 35.9 Å². The Hall–Kier alpha value is -3.68. The molecule has 0 spiro atoms. The van der Waals surface area contributed by atoms with E-state index < -0.39 is 17.2 Å². The number of pyridine rings is 2. The lowest BCUT2D eigenvalue weighted by Crippen LogP contribution is -2.21. The van der Waals surface area contributed by atoms with Gasteiger partial charge < -0.3 is 9.88 Å². The van der Waals surface area contributed by atoms with E-state index in [-0.39, 0.29) is 12.1 Å². The smallest absolute Gasteiger partial charge is 0.248 e. The number of hydrogen-bond donors (Lipinski definition) is 1. The molecular weight excluding hydrogens is 352 g/mol. The summed E-state index contributed by atoms with van der Waals surface area (Å²) in [5.74, 6) is -0.961. The molecule has 0 fully saturated rings. The Morgan fingerprint density at radius 1 is 1.00 bits per heavy atom. The first-order valence-electron chi connectivity index (χ1n) is 8.08. The Balaban J connectivity index is 1.87. The minimum Gasteiger partial charge on any atom is -0.319 e. The molecule has 0 aliphatic carbocycles. The molecule has 0 saturated carbocycles. The molecule has 1 aromatic carbocycles. The third-order valence-corrected chi connectivity index (χ3v) is 4.09. The average molecular weight is 365 g/mol. The zero-order valence-corrected chi connectivity index (χ0v) is 13.9. The van der Waals surface area contributed by atoms with E-state index in [2.05, 4.69) is 19.9 Å². The van der Waals surface area contributed by atoms with Gasteiger partial charge in [-0.25, -0.2) is 23.7 Å². The molecule has 0 aliphatic rings. The van der Waals surface area contributed by atoms with Gasteiger partial charge in [0, 0.05) is 23.8 Å². The van der Waals surface area contributed by atoms with E-state index >= 15 is 0 Å². The minimum atomic E-state index is -1.09. The Morgan fingerprint density at radius 2 is 1.85 bits per heavy atom. The highest BCUT2D eigenvalue weighted by Crippen LogP contribution is 2.27. The summed E-state index contributed by atoms with van der Waals surface area (Å²) in [6.45, 7) is 0.180. The van der Waals surface area contributed by atoms with Crippen LogP contribution in [-0.4, -0.2) is 19.9 Å². The van der Waals surface area contributed by atoms with E-state index in [9.17, 15) is 13.6 Å². The number of aromatic amines is 1. The summed E-state index contributed by atoms with van der Waals surface area (Å²) in [4.78, 5) is 28.6. The van der Waals surface area contributed by atoms with Crippen molar-refractivity contribution in [2.75, 3.05) is 4.90 Å². The molecule has 1 N–H and O–H groups in total. The van der Waals surface area contributed by atoms with Crippen LogP contribution >= 0.6 is 0 Å². The highest BCUT2D eigenvalue weighted by molar-refractivity contribution is 5.83. The third-order valence-electron chi connectivity index (χ3n) is 4.09. The molecule has 3 aromatic heterocycles. The number of nitrogens with one attached hydrogen (secondary N) is 1. The number of rotatable bonds is 4. The van der Waals surface area contributed by atoms with E-state index in [1.165, 1.54) is 18.5 Å². The standard InChI is InChI=1S/C19H13F2N5O/c20-14-5-4-13-12(9-17(27)25-19(13)18(14)21)10-26(15-3-1-2-7-23-15)16-6-8-22-11-24-16/h1-9,11H,10H2,(H,25,27). The molecule has 134 valence electrons. The topological polar surface area (TPSA) is 74.8 Å². The van der Waals surface area contributed by atoms with Crippen LogP contribution in [0.5, 0.6) is 0 Å². The minimum absolute atomic E-state index is 0.166. The average Bonchev–Trinajstić information content (AvgIpc) is 2.70. The summed E-state index contributed by atoms with van der Waals surface area (Å²) in [6.07, 6.45) is 4.62. The number of aromatic nitrogens is 4. The summed E-state index contributed by atoms with van der Waals surface area (Å²) in [5, 5.41) is 0.406. The zero-order valence-electron chi connectivity index (χ0n) is 13.9. The third kappa shape index (κ3) is 3.24. The molecule has 0 radical (unpaired) electrons. The fraction of sp³-hybridized carbons (Fsp3) is 0.0526. The summed E-state index contributed by atoms with van der Waals surface area (Å²) < 4.78 is 27.7. The Kier molecular flexibility index (Phi) is 4.29. The maximum absolute atomic E-state index is 14.1. The van der Waals surface area contributed by atoms with E-state index in [0.717, 1.165) is 6.07 Å². The summed E-state index contributed by atoms with van der Waals surface area (Å²) >= 11 is 0. The molecule has 0 bridgehead atoms. The number of fused-ring (bicyclic) bond motifs is 1. The highest BCUT2D eigenvalue weighted by Gasteiger charge is 2.17. The van der Waals surface area contributed by atoms with Gasteiger partial charge in [0.15, 0.2) is 11.6 Å². The lowest BCUT2D eigenvalue weighted by molar-refractivity contribution is 0.515. The van der Waals surface area contributed by atoms with Crippen LogP contribution in [0.25, 0.3) is 10.9 Å². The molecule has 0 atom stereocenters. The summed E-state index contributed by atoms with van der Waals surface area (Å²) in [6, 6.07) is 10.9. The van der Waals surface area contributed by atoms with Crippen molar-refractivity contribution in [1.29, 1.82) is 0 Å². The first-order valence-corrected chi connectivity index (χ1v) is 8.08. The Bertz CT molecular complexity index is 1110. The number of nitrogens with zero attached hydrogens (tertiary/aromatic N) is 4.